The summed E-state index contributed by atoms with van der Waals surface area (Å²) in [6.07, 6.45) is 3.31. The van der Waals surface area contributed by atoms with Gasteiger partial charge in [-0.25, -0.2) is 4.98 Å². The summed E-state index contributed by atoms with van der Waals surface area (Å²) in [4.78, 5) is 58.7. The van der Waals surface area contributed by atoms with E-state index in [0.717, 1.165) is 6.26 Å². The Kier molecular flexibility index (Phi) is 16.2. The van der Waals surface area contributed by atoms with E-state index in [0.29, 0.717) is 37.5 Å². The van der Waals surface area contributed by atoms with Gasteiger partial charge in [0.15, 0.2) is 27.9 Å². The zero-order chi connectivity index (χ0) is 48.1. The maximum Gasteiger partial charge on any atom is 0.302 e. The maximum absolute atomic E-state index is 14.0. The largest absolute Gasteiger partial charge is 0.516 e. The number of benzene rings is 3. The number of rotatable bonds is 20. The molecular formula is C48H62N4O13. The van der Waals surface area contributed by atoms with E-state index in [4.69, 9.17) is 34.1 Å². The van der Waals surface area contributed by atoms with Crippen molar-refractivity contribution in [1.29, 1.82) is 0 Å². The number of allylic oxidation sites excluding steroid dienone is 2. The first-order chi connectivity index (χ1) is 30.7. The molecule has 4 aromatic rings. The monoisotopic (exact) mass is 902 g/mol. The van der Waals surface area contributed by atoms with Gasteiger partial charge in [-0.3, -0.25) is 19.2 Å². The highest BCUT2D eigenvalue weighted by Gasteiger charge is 2.44. The summed E-state index contributed by atoms with van der Waals surface area (Å²) >= 11 is 0. The molecule has 1 amide bonds. The Morgan fingerprint density at radius 1 is 1.00 bits per heavy atom. The average Bonchev–Trinajstić information content (AvgIpc) is 3.52. The third-order valence-corrected chi connectivity index (χ3v) is 12.1. The number of methoxy groups -OCH3 is 1. The van der Waals surface area contributed by atoms with Crippen LogP contribution in [0.25, 0.3) is 33.0 Å². The van der Waals surface area contributed by atoms with Crippen LogP contribution in [0.3, 0.4) is 0 Å². The topological polar surface area (TPSA) is 262 Å². The molecule has 0 radical (unpaired) electrons. The van der Waals surface area contributed by atoms with Gasteiger partial charge in [-0.2, -0.15) is 0 Å². The van der Waals surface area contributed by atoms with Crippen LogP contribution in [0.5, 0.6) is 17.2 Å². The number of anilines is 1. The van der Waals surface area contributed by atoms with Crippen molar-refractivity contribution in [2.24, 2.45) is 29.4 Å². The van der Waals surface area contributed by atoms with Crippen molar-refractivity contribution in [3.05, 3.63) is 75.7 Å². The highest BCUT2D eigenvalue weighted by atomic mass is 16.5. The van der Waals surface area contributed by atoms with E-state index < -0.39 is 82.5 Å². The van der Waals surface area contributed by atoms with Crippen LogP contribution in [0, 0.1) is 30.6 Å². The summed E-state index contributed by atoms with van der Waals surface area (Å²) < 4.78 is 29.3. The average molecular weight is 903 g/mol. The van der Waals surface area contributed by atoms with Gasteiger partial charge in [-0.05, 0) is 45.9 Å². The highest BCUT2D eigenvalue weighted by molar-refractivity contribution is 6.26. The Hall–Kier alpha value is -5.85. The van der Waals surface area contributed by atoms with Crippen LogP contribution in [0.2, 0.25) is 0 Å². The number of nitrogens with zero attached hydrogens (tertiary/aromatic N) is 1. The van der Waals surface area contributed by atoms with E-state index in [9.17, 15) is 39.6 Å². The van der Waals surface area contributed by atoms with Crippen LogP contribution in [-0.4, -0.2) is 106 Å². The number of nitrogens with one attached hydrogen (secondary N) is 2. The first-order valence-electron chi connectivity index (χ1n) is 21.6. The molecule has 1 aliphatic heterocycles. The summed E-state index contributed by atoms with van der Waals surface area (Å²) in [6, 6.07) is 4.95. The fourth-order valence-corrected chi connectivity index (χ4v) is 8.24. The molecule has 17 heteroatoms. The highest BCUT2D eigenvalue weighted by Crippen LogP contribution is 2.48. The fraction of sp³-hybridized carbons (Fsp3) is 0.479. The van der Waals surface area contributed by atoms with Crippen LogP contribution in [-0.2, 0) is 19.1 Å². The number of aliphatic hydroxyl groups is 3. The molecule has 0 saturated carbocycles. The Labute approximate surface area is 377 Å². The molecule has 8 atom stereocenters. The van der Waals surface area contributed by atoms with Gasteiger partial charge in [0.05, 0.1) is 35.5 Å². The van der Waals surface area contributed by atoms with Crippen LogP contribution in [0.4, 0.5) is 5.69 Å². The molecule has 8 N–H and O–H groups in total. The summed E-state index contributed by atoms with van der Waals surface area (Å²) in [5.74, 6) is -4.14. The van der Waals surface area contributed by atoms with E-state index in [1.165, 1.54) is 40.0 Å². The van der Waals surface area contributed by atoms with Gasteiger partial charge in [-0.1, -0.05) is 45.9 Å². The van der Waals surface area contributed by atoms with Gasteiger partial charge in [0.2, 0.25) is 5.78 Å². The molecule has 0 fully saturated rings. The molecule has 1 aliphatic rings. The first-order valence-corrected chi connectivity index (χ1v) is 21.6. The van der Waals surface area contributed by atoms with Gasteiger partial charge >= 0.3 is 5.97 Å². The molecule has 0 spiro atoms. The van der Waals surface area contributed by atoms with Crippen LogP contribution in [0.1, 0.15) is 71.3 Å². The number of ether oxygens (including phenoxy) is 4. The molecule has 0 aliphatic carbocycles. The SMILES string of the molecule is CO[C@@H](/C=C/O)[C@@H](C)[C@@H](OC(C)=O)[C@H](C)[C@H](O)[C@H](C)[C@@H](O)[C@@H](C)/C=C/C=C(/C)C(=O)Nc1c(O)c2c(=O)c(C)c3c(c2c2nc4ccc(OCCNCCN)cc4oc12)C(=O)C(C)(C)O3. The van der Waals surface area contributed by atoms with Crippen LogP contribution in [0.15, 0.2) is 63.6 Å². The fourth-order valence-electron chi connectivity index (χ4n) is 8.24. The molecular weight excluding hydrogens is 841 g/mol. The molecule has 1 aromatic heterocycles. The number of esters is 1. The van der Waals surface area contributed by atoms with Gasteiger partial charge in [-0.15, -0.1) is 0 Å². The Morgan fingerprint density at radius 3 is 2.35 bits per heavy atom. The van der Waals surface area contributed by atoms with Gasteiger partial charge in [0, 0.05) is 79.9 Å². The molecule has 0 bridgehead atoms. The number of hydrogen-bond donors (Lipinski definition) is 7. The normalized spacial score (nSPS) is 17.7. The number of amides is 1. The number of ketones is 1. The Morgan fingerprint density at radius 2 is 1.71 bits per heavy atom. The van der Waals surface area contributed by atoms with E-state index in [-0.39, 0.29) is 55.6 Å². The number of phenolic OH excluding ortho intramolecular Hbond substituents is 1. The van der Waals surface area contributed by atoms with Crippen molar-refractivity contribution in [1.82, 2.24) is 10.3 Å². The zero-order valence-corrected chi connectivity index (χ0v) is 38.6. The number of hydrogen-bond acceptors (Lipinski definition) is 16. The minimum Gasteiger partial charge on any atom is -0.516 e. The molecule has 2 heterocycles. The van der Waals surface area contributed by atoms with E-state index >= 15 is 0 Å². The second kappa shape index (κ2) is 21.0. The lowest BCUT2D eigenvalue weighted by Gasteiger charge is -2.37. The van der Waals surface area contributed by atoms with Crippen molar-refractivity contribution < 1.29 is 58.2 Å². The molecule has 0 unspecified atom stereocenters. The minimum atomic E-state index is -1.32. The summed E-state index contributed by atoms with van der Waals surface area (Å²) in [5.41, 5.74) is 4.16. The van der Waals surface area contributed by atoms with Gasteiger partial charge in [0.25, 0.3) is 5.91 Å². The van der Waals surface area contributed by atoms with Crippen molar-refractivity contribution in [2.45, 2.75) is 92.3 Å². The lowest BCUT2D eigenvalue weighted by molar-refractivity contribution is -0.160. The van der Waals surface area contributed by atoms with Crippen LogP contribution >= 0.6 is 0 Å². The standard InChI is InChI=1S/C48H62N4O13/c1-23(39(55)26(4)40(56)27(5)43(63-29(7)54)25(3)32(61-10)16-20-53)12-11-13-24(2)47(60)52-38-42(58)35-34(36-44(28(6)41(35)57)65-48(8,9)46(36)59)37-45(38)64-33-22-30(14-15-31(33)51-37)62-21-19-50-18-17-49/h11-16,20,22-23,25-27,32,39-40,43,50,53,55-56,58H,17-19,21,49H2,1-10H3,(H,52,60)/b12-11+,20-16+,24-13-/t23-,25+,26+,27+,32-,39-,40+,43+/m0/s1. The number of carbonyl (C=O) groups excluding carboxylic acids is 3. The third kappa shape index (κ3) is 10.5. The smallest absolute Gasteiger partial charge is 0.302 e. The van der Waals surface area contributed by atoms with E-state index in [1.807, 2.05) is 0 Å². The predicted molar refractivity (Wildman–Crippen MR) is 246 cm³/mol. The molecule has 65 heavy (non-hydrogen) atoms. The number of fused-ring (bicyclic) bond motifs is 6. The van der Waals surface area contributed by atoms with Crippen molar-refractivity contribution >= 4 is 56.3 Å². The zero-order valence-electron chi connectivity index (χ0n) is 38.6. The number of aliphatic hydroxyl groups excluding tert-OH is 3. The van der Waals surface area contributed by atoms with Crippen molar-refractivity contribution in [2.75, 3.05) is 38.7 Å². The summed E-state index contributed by atoms with van der Waals surface area (Å²) in [5, 5.41) is 49.7. The number of phenols is 1. The third-order valence-electron chi connectivity index (χ3n) is 12.1. The lowest BCUT2D eigenvalue weighted by Crippen LogP contribution is -2.46. The Balaban J connectivity index is 1.47. The van der Waals surface area contributed by atoms with E-state index in [2.05, 4.69) is 10.6 Å². The second-order valence-corrected chi connectivity index (χ2v) is 17.2. The minimum absolute atomic E-state index is 0.0274. The second-order valence-electron chi connectivity index (χ2n) is 17.2. The summed E-state index contributed by atoms with van der Waals surface area (Å²) in [7, 11) is 1.45. The number of aromatic hydroxyl groups is 1. The van der Waals surface area contributed by atoms with Crippen molar-refractivity contribution in [3.63, 3.8) is 0 Å². The lowest BCUT2D eigenvalue weighted by atomic mass is 9.78. The molecule has 0 saturated heterocycles. The number of nitrogens with two attached hydrogens (primary N) is 1. The molecule has 3 aromatic carbocycles. The number of carbonyl (C=O) groups is 3. The quantitative estimate of drug-likeness (QED) is 0.00842. The van der Waals surface area contributed by atoms with Gasteiger partial charge < -0.3 is 60.2 Å². The molecule has 5 rings (SSSR count). The molecule has 17 nitrogen and oxygen atoms in total. The maximum atomic E-state index is 14.0. The van der Waals surface area contributed by atoms with Gasteiger partial charge in [0.1, 0.15) is 40.9 Å². The van der Waals surface area contributed by atoms with E-state index in [1.54, 1.807) is 71.9 Å². The van der Waals surface area contributed by atoms with Crippen LogP contribution < -0.4 is 31.3 Å². The molecule has 352 valence electrons. The first kappa shape index (κ1) is 50.2. The Bertz CT molecular complexity index is 2580. The summed E-state index contributed by atoms with van der Waals surface area (Å²) in [6.45, 7) is 16.3. The predicted octanol–water partition coefficient (Wildman–Crippen LogP) is 5.51. The number of Topliss-reactive ketones (excluding diaryl/α,β-unsaturated/α-hetero) is 1. The van der Waals surface area contributed by atoms with Crippen molar-refractivity contribution in [3.8, 4) is 17.2 Å². The number of aromatic nitrogens is 1.